The van der Waals surface area contributed by atoms with Gasteiger partial charge < -0.3 is 10.2 Å². The first kappa shape index (κ1) is 19.0. The van der Waals surface area contributed by atoms with Gasteiger partial charge in [-0.3, -0.25) is 0 Å². The molecule has 150 valence electrons. The SMILES string of the molecule is CC(C)c1ccnc(NC2CC2CC(C)c2ccnc(N3CCC(F)C3)n2)n1. The van der Waals surface area contributed by atoms with E-state index in [9.17, 15) is 4.39 Å². The van der Waals surface area contributed by atoms with Gasteiger partial charge in [0.1, 0.15) is 6.17 Å². The molecule has 1 saturated carbocycles. The van der Waals surface area contributed by atoms with Crippen molar-refractivity contribution in [2.75, 3.05) is 23.3 Å². The summed E-state index contributed by atoms with van der Waals surface area (Å²) in [4.78, 5) is 20.0. The first-order chi connectivity index (χ1) is 13.5. The Labute approximate surface area is 166 Å². The molecule has 1 aliphatic heterocycles. The van der Waals surface area contributed by atoms with Crippen molar-refractivity contribution >= 4 is 11.9 Å². The Kier molecular flexibility index (Phi) is 5.42. The molecule has 0 aromatic carbocycles. The Hall–Kier alpha value is -2.31. The van der Waals surface area contributed by atoms with E-state index in [1.807, 2.05) is 23.2 Å². The van der Waals surface area contributed by atoms with Crippen LogP contribution in [-0.4, -0.2) is 45.2 Å². The van der Waals surface area contributed by atoms with E-state index in [-0.39, 0.29) is 0 Å². The maximum absolute atomic E-state index is 13.5. The normalized spacial score (nSPS) is 25.2. The largest absolute Gasteiger partial charge is 0.351 e. The van der Waals surface area contributed by atoms with Crippen LogP contribution in [0.3, 0.4) is 0 Å². The summed E-state index contributed by atoms with van der Waals surface area (Å²) in [7, 11) is 0. The maximum Gasteiger partial charge on any atom is 0.225 e. The van der Waals surface area contributed by atoms with Crippen LogP contribution in [0, 0.1) is 5.92 Å². The van der Waals surface area contributed by atoms with Crippen molar-refractivity contribution in [2.45, 2.75) is 64.1 Å². The fourth-order valence-corrected chi connectivity index (χ4v) is 3.88. The van der Waals surface area contributed by atoms with Crippen LogP contribution in [0.1, 0.15) is 63.3 Å². The van der Waals surface area contributed by atoms with E-state index in [2.05, 4.69) is 41.0 Å². The van der Waals surface area contributed by atoms with Crippen LogP contribution in [0.2, 0.25) is 0 Å². The minimum atomic E-state index is -0.764. The molecule has 7 heteroatoms. The molecule has 0 spiro atoms. The second kappa shape index (κ2) is 7.97. The van der Waals surface area contributed by atoms with Crippen molar-refractivity contribution in [1.29, 1.82) is 0 Å². The highest BCUT2D eigenvalue weighted by molar-refractivity contribution is 5.34. The number of halogens is 1. The van der Waals surface area contributed by atoms with Gasteiger partial charge in [-0.15, -0.1) is 0 Å². The second-order valence-corrected chi connectivity index (χ2v) is 8.46. The Balaban J connectivity index is 1.33. The third-order valence-corrected chi connectivity index (χ3v) is 5.74. The molecule has 4 unspecified atom stereocenters. The van der Waals surface area contributed by atoms with Crippen LogP contribution in [0.15, 0.2) is 24.5 Å². The van der Waals surface area contributed by atoms with E-state index in [0.29, 0.717) is 49.3 Å². The number of hydrogen-bond acceptors (Lipinski definition) is 6. The zero-order chi connectivity index (χ0) is 19.7. The maximum atomic E-state index is 13.5. The molecule has 2 aromatic rings. The molecule has 6 nitrogen and oxygen atoms in total. The number of nitrogens with zero attached hydrogens (tertiary/aromatic N) is 5. The second-order valence-electron chi connectivity index (χ2n) is 8.46. The topological polar surface area (TPSA) is 66.8 Å². The van der Waals surface area contributed by atoms with Gasteiger partial charge in [0, 0.05) is 36.4 Å². The third kappa shape index (κ3) is 4.39. The highest BCUT2D eigenvalue weighted by Crippen LogP contribution is 2.40. The fourth-order valence-electron chi connectivity index (χ4n) is 3.88. The molecule has 28 heavy (non-hydrogen) atoms. The number of alkyl halides is 1. The van der Waals surface area contributed by atoms with Gasteiger partial charge in [0.15, 0.2) is 0 Å². The minimum absolute atomic E-state index is 0.338. The van der Waals surface area contributed by atoms with Crippen molar-refractivity contribution in [1.82, 2.24) is 19.9 Å². The molecule has 2 fully saturated rings. The van der Waals surface area contributed by atoms with Crippen LogP contribution in [-0.2, 0) is 0 Å². The van der Waals surface area contributed by atoms with Gasteiger partial charge in [0.05, 0.1) is 6.54 Å². The summed E-state index contributed by atoms with van der Waals surface area (Å²) in [6.45, 7) is 7.59. The Morgan fingerprint density at radius 3 is 2.68 bits per heavy atom. The van der Waals surface area contributed by atoms with Gasteiger partial charge in [-0.25, -0.2) is 24.3 Å². The lowest BCUT2D eigenvalue weighted by Crippen LogP contribution is -2.23. The Morgan fingerprint density at radius 1 is 1.14 bits per heavy atom. The number of hydrogen-bond donors (Lipinski definition) is 1. The lowest BCUT2D eigenvalue weighted by molar-refractivity contribution is 0.364. The predicted molar refractivity (Wildman–Crippen MR) is 108 cm³/mol. The van der Waals surface area contributed by atoms with Crippen molar-refractivity contribution in [2.24, 2.45) is 5.92 Å². The van der Waals surface area contributed by atoms with Crippen LogP contribution in [0.4, 0.5) is 16.3 Å². The Bertz CT molecular complexity index is 813. The molecule has 1 aliphatic carbocycles. The quantitative estimate of drug-likeness (QED) is 0.780. The van der Waals surface area contributed by atoms with E-state index >= 15 is 0 Å². The van der Waals surface area contributed by atoms with Gasteiger partial charge in [-0.05, 0) is 49.1 Å². The summed E-state index contributed by atoms with van der Waals surface area (Å²) >= 11 is 0. The first-order valence-corrected chi connectivity index (χ1v) is 10.3. The summed E-state index contributed by atoms with van der Waals surface area (Å²) in [5.74, 6) is 2.72. The van der Waals surface area contributed by atoms with Gasteiger partial charge in [-0.2, -0.15) is 0 Å². The molecule has 0 radical (unpaired) electrons. The molecule has 3 heterocycles. The molecule has 1 saturated heterocycles. The van der Waals surface area contributed by atoms with Crippen LogP contribution < -0.4 is 10.2 Å². The van der Waals surface area contributed by atoms with Crippen molar-refractivity contribution in [3.8, 4) is 0 Å². The summed E-state index contributed by atoms with van der Waals surface area (Å²) < 4.78 is 13.5. The summed E-state index contributed by atoms with van der Waals surface area (Å²) in [6, 6.07) is 4.38. The molecule has 4 atom stereocenters. The van der Waals surface area contributed by atoms with Crippen molar-refractivity contribution in [3.05, 3.63) is 35.9 Å². The molecule has 2 aliphatic rings. The molecule has 0 amide bonds. The molecule has 2 aromatic heterocycles. The van der Waals surface area contributed by atoms with Crippen LogP contribution in [0.5, 0.6) is 0 Å². The Morgan fingerprint density at radius 2 is 1.93 bits per heavy atom. The molecule has 4 rings (SSSR count). The lowest BCUT2D eigenvalue weighted by atomic mass is 10.0. The number of anilines is 2. The number of rotatable bonds is 7. The van der Waals surface area contributed by atoms with E-state index in [0.717, 1.165) is 30.2 Å². The molecule has 1 N–H and O–H groups in total. The first-order valence-electron chi connectivity index (χ1n) is 10.3. The summed E-state index contributed by atoms with van der Waals surface area (Å²) in [5.41, 5.74) is 2.10. The van der Waals surface area contributed by atoms with Crippen molar-refractivity contribution in [3.63, 3.8) is 0 Å². The van der Waals surface area contributed by atoms with E-state index in [1.165, 1.54) is 0 Å². The monoisotopic (exact) mass is 384 g/mol. The van der Waals surface area contributed by atoms with Crippen LogP contribution in [0.25, 0.3) is 0 Å². The zero-order valence-corrected chi connectivity index (χ0v) is 16.8. The molecular formula is C21H29FN6. The lowest BCUT2D eigenvalue weighted by Gasteiger charge is -2.17. The number of nitrogens with one attached hydrogen (secondary N) is 1. The average Bonchev–Trinajstić information content (AvgIpc) is 3.25. The highest BCUT2D eigenvalue weighted by Gasteiger charge is 2.39. The summed E-state index contributed by atoms with van der Waals surface area (Å²) in [6.07, 6.45) is 5.62. The van der Waals surface area contributed by atoms with E-state index in [4.69, 9.17) is 4.98 Å². The highest BCUT2D eigenvalue weighted by atomic mass is 19.1. The van der Waals surface area contributed by atoms with E-state index in [1.54, 1.807) is 6.20 Å². The third-order valence-electron chi connectivity index (χ3n) is 5.74. The van der Waals surface area contributed by atoms with E-state index < -0.39 is 6.17 Å². The van der Waals surface area contributed by atoms with Gasteiger partial charge in [0.2, 0.25) is 11.9 Å². The van der Waals surface area contributed by atoms with Gasteiger partial charge >= 0.3 is 0 Å². The van der Waals surface area contributed by atoms with Gasteiger partial charge in [-0.1, -0.05) is 20.8 Å². The van der Waals surface area contributed by atoms with Crippen LogP contribution >= 0.6 is 0 Å². The predicted octanol–water partition coefficient (Wildman–Crippen LogP) is 3.93. The standard InChI is InChI=1S/C21H29FN6/c1-13(2)17-4-7-23-20(25-17)26-19-11-15(19)10-14(3)18-5-8-24-21(27-18)28-9-6-16(22)12-28/h4-5,7-8,13-16,19H,6,9-12H2,1-3H3,(H,23,25,26). The molecule has 0 bridgehead atoms. The van der Waals surface area contributed by atoms with Crippen molar-refractivity contribution < 1.29 is 4.39 Å². The zero-order valence-electron chi connectivity index (χ0n) is 16.8. The van der Waals surface area contributed by atoms with Gasteiger partial charge in [0.25, 0.3) is 0 Å². The minimum Gasteiger partial charge on any atom is -0.351 e. The fraction of sp³-hybridized carbons (Fsp3) is 0.619. The summed E-state index contributed by atoms with van der Waals surface area (Å²) in [5, 5.41) is 3.47. The average molecular weight is 385 g/mol. The number of aromatic nitrogens is 4. The molecular weight excluding hydrogens is 355 g/mol. The smallest absolute Gasteiger partial charge is 0.225 e.